The van der Waals surface area contributed by atoms with Gasteiger partial charge in [0.05, 0.1) is 17.0 Å². The molecule has 1 saturated heterocycles. The zero-order valence-electron chi connectivity index (χ0n) is 16.7. The van der Waals surface area contributed by atoms with Crippen molar-refractivity contribution in [1.82, 2.24) is 25.1 Å². The highest BCUT2D eigenvalue weighted by molar-refractivity contribution is 5.95. The standard InChI is InChI=1S/C22H24N6O/c1-16-9-10-20(26-25-16)27-11-6-12-28(14-13-27)22(29)19-15-23-21(24-17(19)2)18-7-4-3-5-8-18/h3-5,7-10,15H,6,11-14H2,1-2H3. The lowest BCUT2D eigenvalue weighted by Crippen LogP contribution is -2.36. The molecule has 7 nitrogen and oxygen atoms in total. The van der Waals surface area contributed by atoms with Crippen molar-refractivity contribution in [2.24, 2.45) is 0 Å². The van der Waals surface area contributed by atoms with Crippen LogP contribution in [-0.2, 0) is 0 Å². The van der Waals surface area contributed by atoms with Crippen LogP contribution >= 0.6 is 0 Å². The van der Waals surface area contributed by atoms with E-state index in [1.807, 2.05) is 61.2 Å². The molecule has 1 aliphatic rings. The molecule has 0 saturated carbocycles. The lowest BCUT2D eigenvalue weighted by molar-refractivity contribution is 0.0765. The van der Waals surface area contributed by atoms with Crippen LogP contribution in [0.15, 0.2) is 48.7 Å². The maximum absolute atomic E-state index is 13.1. The highest BCUT2D eigenvalue weighted by Gasteiger charge is 2.23. The Balaban J connectivity index is 1.47. The number of nitrogens with zero attached hydrogens (tertiary/aromatic N) is 6. The lowest BCUT2D eigenvalue weighted by atomic mass is 10.1. The van der Waals surface area contributed by atoms with Gasteiger partial charge in [0, 0.05) is 37.9 Å². The summed E-state index contributed by atoms with van der Waals surface area (Å²) in [5.74, 6) is 1.48. The minimum absolute atomic E-state index is 0.0149. The third-order valence-electron chi connectivity index (χ3n) is 5.13. The molecule has 0 N–H and O–H groups in total. The molecule has 1 amide bonds. The van der Waals surface area contributed by atoms with Crippen molar-refractivity contribution >= 4 is 11.7 Å². The van der Waals surface area contributed by atoms with E-state index in [1.54, 1.807) is 6.20 Å². The Morgan fingerprint density at radius 1 is 0.931 bits per heavy atom. The average molecular weight is 388 g/mol. The van der Waals surface area contributed by atoms with Crippen molar-refractivity contribution in [2.75, 3.05) is 31.1 Å². The summed E-state index contributed by atoms with van der Waals surface area (Å²) in [6.45, 7) is 6.71. The second-order valence-corrected chi connectivity index (χ2v) is 7.22. The molecule has 148 valence electrons. The Labute approximate surface area is 170 Å². The Morgan fingerprint density at radius 3 is 2.48 bits per heavy atom. The van der Waals surface area contributed by atoms with E-state index in [2.05, 4.69) is 25.1 Å². The van der Waals surface area contributed by atoms with E-state index in [0.717, 1.165) is 36.6 Å². The van der Waals surface area contributed by atoms with Gasteiger partial charge in [0.25, 0.3) is 5.91 Å². The first kappa shape index (κ1) is 19.0. The Bertz CT molecular complexity index is 990. The molecule has 3 aromatic rings. The third-order valence-corrected chi connectivity index (χ3v) is 5.13. The van der Waals surface area contributed by atoms with E-state index in [0.29, 0.717) is 30.2 Å². The van der Waals surface area contributed by atoms with Crippen LogP contribution in [0.2, 0.25) is 0 Å². The summed E-state index contributed by atoms with van der Waals surface area (Å²) in [5.41, 5.74) is 3.11. The van der Waals surface area contributed by atoms with Crippen LogP contribution in [0.4, 0.5) is 5.82 Å². The first-order valence-corrected chi connectivity index (χ1v) is 9.85. The number of carbonyl (C=O) groups excluding carboxylic acids is 1. The van der Waals surface area contributed by atoms with Gasteiger partial charge in [-0.15, -0.1) is 5.10 Å². The number of anilines is 1. The molecule has 3 heterocycles. The highest BCUT2D eigenvalue weighted by atomic mass is 16.2. The third kappa shape index (κ3) is 4.23. The van der Waals surface area contributed by atoms with Crippen LogP contribution in [0.25, 0.3) is 11.4 Å². The van der Waals surface area contributed by atoms with Gasteiger partial charge in [-0.05, 0) is 32.4 Å². The summed E-state index contributed by atoms with van der Waals surface area (Å²) >= 11 is 0. The van der Waals surface area contributed by atoms with Gasteiger partial charge in [-0.2, -0.15) is 5.10 Å². The minimum Gasteiger partial charge on any atom is -0.353 e. The second kappa shape index (κ2) is 8.34. The van der Waals surface area contributed by atoms with Crippen molar-refractivity contribution in [1.29, 1.82) is 0 Å². The van der Waals surface area contributed by atoms with E-state index in [4.69, 9.17) is 0 Å². The van der Waals surface area contributed by atoms with E-state index < -0.39 is 0 Å². The van der Waals surface area contributed by atoms with Crippen LogP contribution in [0, 0.1) is 13.8 Å². The molecule has 1 aliphatic heterocycles. The molecule has 1 fully saturated rings. The fourth-order valence-corrected chi connectivity index (χ4v) is 3.48. The van der Waals surface area contributed by atoms with Crippen LogP contribution in [0.5, 0.6) is 0 Å². The SMILES string of the molecule is Cc1ccc(N2CCCN(C(=O)c3cnc(-c4ccccc4)nc3C)CC2)nn1. The number of aromatic nitrogens is 4. The van der Waals surface area contributed by atoms with Gasteiger partial charge in [-0.1, -0.05) is 30.3 Å². The van der Waals surface area contributed by atoms with E-state index in [-0.39, 0.29) is 5.91 Å². The number of carbonyl (C=O) groups is 1. The molecule has 2 aromatic heterocycles. The minimum atomic E-state index is -0.0149. The van der Waals surface area contributed by atoms with Crippen molar-refractivity contribution in [2.45, 2.75) is 20.3 Å². The molecular weight excluding hydrogens is 364 g/mol. The fourth-order valence-electron chi connectivity index (χ4n) is 3.48. The Kier molecular flexibility index (Phi) is 5.46. The summed E-state index contributed by atoms with van der Waals surface area (Å²) in [6.07, 6.45) is 2.53. The van der Waals surface area contributed by atoms with Crippen molar-refractivity contribution in [3.8, 4) is 11.4 Å². The molecule has 0 radical (unpaired) electrons. The smallest absolute Gasteiger partial charge is 0.257 e. The summed E-state index contributed by atoms with van der Waals surface area (Å²) in [6, 6.07) is 13.7. The summed E-state index contributed by atoms with van der Waals surface area (Å²) in [5, 5.41) is 8.42. The maximum Gasteiger partial charge on any atom is 0.257 e. The number of amides is 1. The molecule has 0 spiro atoms. The summed E-state index contributed by atoms with van der Waals surface area (Å²) in [4.78, 5) is 26.2. The van der Waals surface area contributed by atoms with Gasteiger partial charge in [-0.3, -0.25) is 4.79 Å². The Hall–Kier alpha value is -3.35. The molecule has 1 aromatic carbocycles. The first-order valence-electron chi connectivity index (χ1n) is 9.85. The van der Waals surface area contributed by atoms with E-state index in [9.17, 15) is 4.79 Å². The lowest BCUT2D eigenvalue weighted by Gasteiger charge is -2.23. The van der Waals surface area contributed by atoms with Gasteiger partial charge in [0.2, 0.25) is 0 Å². The molecule has 0 aliphatic carbocycles. The zero-order chi connectivity index (χ0) is 20.2. The second-order valence-electron chi connectivity index (χ2n) is 7.22. The number of aryl methyl sites for hydroxylation is 2. The normalized spacial score (nSPS) is 14.6. The van der Waals surface area contributed by atoms with Crippen LogP contribution in [0.1, 0.15) is 28.2 Å². The average Bonchev–Trinajstić information content (AvgIpc) is 3.01. The predicted octanol–water partition coefficient (Wildman–Crippen LogP) is 2.90. The summed E-state index contributed by atoms with van der Waals surface area (Å²) in [7, 11) is 0. The molecule has 29 heavy (non-hydrogen) atoms. The molecule has 0 bridgehead atoms. The van der Waals surface area contributed by atoms with Crippen LogP contribution in [-0.4, -0.2) is 57.2 Å². The first-order chi connectivity index (χ1) is 14.1. The monoisotopic (exact) mass is 388 g/mol. The fraction of sp³-hybridized carbons (Fsp3) is 0.318. The van der Waals surface area contributed by atoms with Crippen molar-refractivity contribution in [3.63, 3.8) is 0 Å². The zero-order valence-corrected chi connectivity index (χ0v) is 16.7. The van der Waals surface area contributed by atoms with Gasteiger partial charge in [-0.25, -0.2) is 9.97 Å². The molecule has 4 rings (SSSR count). The maximum atomic E-state index is 13.1. The predicted molar refractivity (Wildman–Crippen MR) is 112 cm³/mol. The largest absolute Gasteiger partial charge is 0.353 e. The van der Waals surface area contributed by atoms with Crippen molar-refractivity contribution in [3.05, 3.63) is 65.6 Å². The molecule has 0 unspecified atom stereocenters. The van der Waals surface area contributed by atoms with Crippen LogP contribution < -0.4 is 4.90 Å². The number of hydrogen-bond acceptors (Lipinski definition) is 6. The highest BCUT2D eigenvalue weighted by Crippen LogP contribution is 2.18. The van der Waals surface area contributed by atoms with Gasteiger partial charge in [0.1, 0.15) is 0 Å². The number of rotatable bonds is 3. The summed E-state index contributed by atoms with van der Waals surface area (Å²) < 4.78 is 0. The van der Waals surface area contributed by atoms with Crippen molar-refractivity contribution < 1.29 is 4.79 Å². The molecule has 7 heteroatoms. The van der Waals surface area contributed by atoms with Gasteiger partial charge < -0.3 is 9.80 Å². The van der Waals surface area contributed by atoms with Gasteiger partial charge >= 0.3 is 0 Å². The quantitative estimate of drug-likeness (QED) is 0.687. The van der Waals surface area contributed by atoms with E-state index in [1.165, 1.54) is 0 Å². The Morgan fingerprint density at radius 2 is 1.76 bits per heavy atom. The molecule has 0 atom stereocenters. The number of hydrogen-bond donors (Lipinski definition) is 0. The van der Waals surface area contributed by atoms with Gasteiger partial charge in [0.15, 0.2) is 11.6 Å². The van der Waals surface area contributed by atoms with Crippen LogP contribution in [0.3, 0.4) is 0 Å². The number of benzene rings is 1. The van der Waals surface area contributed by atoms with E-state index >= 15 is 0 Å². The topological polar surface area (TPSA) is 75.1 Å². The molecular formula is C22H24N6O.